The number of benzene rings is 4. The van der Waals surface area contributed by atoms with Gasteiger partial charge < -0.3 is 100 Å². The summed E-state index contributed by atoms with van der Waals surface area (Å²) in [5, 5.41) is 24.3. The summed E-state index contributed by atoms with van der Waals surface area (Å²) in [6.45, 7) is 34.2. The molecule has 109 heavy (non-hydrogen) atoms. The van der Waals surface area contributed by atoms with Gasteiger partial charge in [-0.3, -0.25) is 19.2 Å². The van der Waals surface area contributed by atoms with Gasteiger partial charge in [0.1, 0.15) is 73.2 Å². The fourth-order valence-electron chi connectivity index (χ4n) is 12.0. The fourth-order valence-corrected chi connectivity index (χ4v) is 12.0. The molecule has 0 saturated carbocycles. The van der Waals surface area contributed by atoms with Crippen LogP contribution in [0, 0.1) is 21.7 Å². The zero-order valence-corrected chi connectivity index (χ0v) is 65.0. The number of carbonyl (C=O) groups excluding carboxylic acids is 4. The predicted molar refractivity (Wildman–Crippen MR) is 399 cm³/mol. The van der Waals surface area contributed by atoms with Crippen LogP contribution in [0.15, 0.2) is 172 Å². The molecule has 2 N–H and O–H groups in total. The Morgan fingerprint density at radius 3 is 0.853 bits per heavy atom. The first-order chi connectivity index (χ1) is 51.9. The normalized spacial score (nSPS) is 28.9. The van der Waals surface area contributed by atoms with Crippen molar-refractivity contribution in [3.8, 4) is 0 Å². The van der Waals surface area contributed by atoms with Crippen LogP contribution >= 0.6 is 0 Å². The molecular formula is C84H114O25. The van der Waals surface area contributed by atoms with Crippen LogP contribution in [0.3, 0.4) is 0 Å². The van der Waals surface area contributed by atoms with Crippen LogP contribution in [0.5, 0.6) is 0 Å². The van der Waals surface area contributed by atoms with Gasteiger partial charge in [-0.25, -0.2) is 0 Å². The van der Waals surface area contributed by atoms with Crippen molar-refractivity contribution in [3.63, 3.8) is 0 Å². The smallest absolute Gasteiger partial charge is 0.311 e. The first-order valence-corrected chi connectivity index (χ1v) is 37.1. The number of esters is 4. The van der Waals surface area contributed by atoms with Crippen molar-refractivity contribution in [3.05, 3.63) is 194 Å². The third-order valence-corrected chi connectivity index (χ3v) is 17.9. The van der Waals surface area contributed by atoms with E-state index in [4.69, 9.17) is 90.0 Å². The lowest BCUT2D eigenvalue weighted by Gasteiger charge is -2.52. The van der Waals surface area contributed by atoms with Gasteiger partial charge >= 0.3 is 23.9 Å². The van der Waals surface area contributed by atoms with Crippen LogP contribution in [0.2, 0.25) is 0 Å². The zero-order chi connectivity index (χ0) is 79.1. The molecular weight excluding hydrogens is 1410 g/mol. The van der Waals surface area contributed by atoms with E-state index >= 15 is 0 Å². The van der Waals surface area contributed by atoms with Crippen molar-refractivity contribution < 1.29 is 119 Å². The highest BCUT2D eigenvalue weighted by molar-refractivity contribution is 5.77. The summed E-state index contributed by atoms with van der Waals surface area (Å²) in [6, 6.07) is 37.4. The summed E-state index contributed by atoms with van der Waals surface area (Å²) in [5.41, 5.74) is -1.39. The molecule has 0 aromatic heterocycles. The van der Waals surface area contributed by atoms with Gasteiger partial charge in [0.2, 0.25) is 0 Å². The Morgan fingerprint density at radius 1 is 0.330 bits per heavy atom. The minimum Gasteiger partial charge on any atom is -0.454 e. The third-order valence-electron chi connectivity index (χ3n) is 17.9. The second kappa shape index (κ2) is 41.5. The molecule has 0 amide bonds. The number of ether oxygens (including phenoxy) is 19. The monoisotopic (exact) mass is 1520 g/mol. The van der Waals surface area contributed by atoms with Crippen molar-refractivity contribution in [1.82, 2.24) is 0 Å². The number of aliphatic hydroxyl groups excluding tert-OH is 2. The maximum atomic E-state index is 15.0. The van der Waals surface area contributed by atoms with Gasteiger partial charge in [-0.15, -0.1) is 26.3 Å². The van der Waals surface area contributed by atoms with Crippen molar-refractivity contribution in [2.24, 2.45) is 21.7 Å². The number of aliphatic hydroxyl groups is 2. The van der Waals surface area contributed by atoms with E-state index in [9.17, 15) is 29.4 Å². The molecule has 0 unspecified atom stereocenters. The summed E-state index contributed by atoms with van der Waals surface area (Å²) >= 11 is 0. The highest BCUT2D eigenvalue weighted by atomic mass is 16.8. The molecule has 0 radical (unpaired) electrons. The number of rotatable bonds is 38. The topological polar surface area (TPSA) is 284 Å². The zero-order valence-electron chi connectivity index (χ0n) is 65.0. The average molecular weight is 1520 g/mol. The van der Waals surface area contributed by atoms with Gasteiger partial charge in [0.15, 0.2) is 49.6 Å². The summed E-state index contributed by atoms with van der Waals surface area (Å²) in [4.78, 5) is 58.2. The average Bonchev–Trinajstić information content (AvgIpc) is 0.762. The van der Waals surface area contributed by atoms with E-state index in [-0.39, 0.29) is 79.3 Å². The van der Waals surface area contributed by atoms with Crippen LogP contribution in [-0.4, -0.2) is 210 Å². The van der Waals surface area contributed by atoms with E-state index in [1.165, 1.54) is 24.3 Å². The summed E-state index contributed by atoms with van der Waals surface area (Å²) in [5.74, 6) is -2.91. The van der Waals surface area contributed by atoms with Crippen molar-refractivity contribution >= 4 is 23.9 Å². The van der Waals surface area contributed by atoms with Crippen molar-refractivity contribution in [2.75, 3.05) is 52.9 Å². The Morgan fingerprint density at radius 2 is 0.569 bits per heavy atom. The lowest BCUT2D eigenvalue weighted by Crippen LogP contribution is -2.69. The number of carbonyl (C=O) groups is 4. The Bertz CT molecular complexity index is 3440. The Kier molecular flexibility index (Phi) is 33.4. The molecule has 0 spiro atoms. The minimum atomic E-state index is -1.80. The van der Waals surface area contributed by atoms with Crippen LogP contribution in [0.1, 0.15) is 105 Å². The quantitative estimate of drug-likeness (QED) is 0.0240. The molecule has 600 valence electrons. The van der Waals surface area contributed by atoms with Gasteiger partial charge in [0.05, 0.1) is 101 Å². The third kappa shape index (κ3) is 25.5. The molecule has 25 heteroatoms. The minimum absolute atomic E-state index is 0.0297. The SMILES string of the molecule is C=CCO[C@@H]1[C@@H](O[C@@H]2O[C@@H](COCc3ccccc3)[C@H](O[C@H]3O[C@@H](COCc4ccccc4)[C@@H](O[C@H]4O[C@@H](COCc5ccccc5)[C@@H](O)[C@H](OCC=C)[C@H]4OC(=O)C(C)(C)C)[C@H](OCC=C)[C@H]3OC(=O)C(C)(C)C)[C@@H](OCC=C)[C@@H]2OC(=O)C(C)(C)C)[C@@H](COCc2ccccc2)O[C@@H](O)[C@H]1OC(=O)C(C)(C)C. The molecule has 20 atom stereocenters. The van der Waals surface area contributed by atoms with E-state index in [0.717, 1.165) is 22.3 Å². The Balaban J connectivity index is 1.29. The lowest BCUT2D eigenvalue weighted by atomic mass is 9.93. The second-order valence-corrected chi connectivity index (χ2v) is 31.3. The number of hydrogen-bond acceptors (Lipinski definition) is 25. The molecule has 4 fully saturated rings. The summed E-state index contributed by atoms with van der Waals surface area (Å²) in [7, 11) is 0. The summed E-state index contributed by atoms with van der Waals surface area (Å²) in [6.07, 6.45) is -24.1. The standard InChI is InChI=1S/C84H114O25/c1-17-41-95-65-61(85)57(49-91-45-53-33-25-21-26-34-53)100-74(70(65)107-78(88)82(8,9)10)104-63-59(51-93-47-55-37-29-23-30-38-55)102-76(72(67(63)97-43-19-3)109-80(90)84(14,15)16)105-64-60(52-94-48-56-39-31-24-32-40-56)101-75(71(68(64)98-44-20-4)108-79(89)83(11,12)13)103-62-58(50-92-46-54-35-27-22-28-36-54)99-73(86)69(66(62)96-42-18-2)106-77(87)81(5,6)7/h17-40,57-76,85-86H,1-4,41-52H2,5-16H3/t57-,58+,59-,60-,61+,62-,63+,64-,65-,66+,67-,68+,69-,70+,71-,72+,73+,74+,75-,76+/m0/s1. The largest absolute Gasteiger partial charge is 0.454 e. The maximum Gasteiger partial charge on any atom is 0.311 e. The van der Waals surface area contributed by atoms with Crippen molar-refractivity contribution in [2.45, 2.75) is 232 Å². The first-order valence-electron chi connectivity index (χ1n) is 37.1. The molecule has 4 aromatic carbocycles. The molecule has 4 heterocycles. The van der Waals surface area contributed by atoms with E-state index in [0.29, 0.717) is 0 Å². The van der Waals surface area contributed by atoms with Gasteiger partial charge in [0.25, 0.3) is 0 Å². The molecule has 0 aliphatic carbocycles. The van der Waals surface area contributed by atoms with E-state index < -0.39 is 168 Å². The highest BCUT2D eigenvalue weighted by Crippen LogP contribution is 2.41. The first kappa shape index (κ1) is 87.6. The lowest BCUT2D eigenvalue weighted by molar-refractivity contribution is -0.394. The molecule has 0 bridgehead atoms. The van der Waals surface area contributed by atoms with Crippen LogP contribution in [-0.2, 0) is 136 Å². The summed E-state index contributed by atoms with van der Waals surface area (Å²) < 4.78 is 128. The van der Waals surface area contributed by atoms with Crippen LogP contribution in [0.4, 0.5) is 0 Å². The Hall–Kier alpha value is -6.96. The molecule has 4 aliphatic rings. The van der Waals surface area contributed by atoms with Gasteiger partial charge in [-0.05, 0) is 105 Å². The highest BCUT2D eigenvalue weighted by Gasteiger charge is 2.61. The molecule has 25 nitrogen and oxygen atoms in total. The molecule has 8 rings (SSSR count). The van der Waals surface area contributed by atoms with E-state index in [1.54, 1.807) is 83.1 Å². The predicted octanol–water partition coefficient (Wildman–Crippen LogP) is 10.4. The van der Waals surface area contributed by atoms with Gasteiger partial charge in [0, 0.05) is 0 Å². The number of hydrogen-bond donors (Lipinski definition) is 2. The van der Waals surface area contributed by atoms with Gasteiger partial charge in [-0.1, -0.05) is 146 Å². The second-order valence-electron chi connectivity index (χ2n) is 31.3. The molecule has 4 aromatic rings. The Labute approximate surface area is 641 Å². The van der Waals surface area contributed by atoms with Gasteiger partial charge in [-0.2, -0.15) is 0 Å². The fraction of sp³-hybridized carbons (Fsp3) is 0.571. The molecule has 4 saturated heterocycles. The van der Waals surface area contributed by atoms with Crippen molar-refractivity contribution in [1.29, 1.82) is 0 Å². The van der Waals surface area contributed by atoms with E-state index in [2.05, 4.69) is 26.3 Å². The van der Waals surface area contributed by atoms with Crippen LogP contribution in [0.25, 0.3) is 0 Å². The van der Waals surface area contributed by atoms with Crippen LogP contribution < -0.4 is 0 Å². The van der Waals surface area contributed by atoms with E-state index in [1.807, 2.05) is 121 Å². The maximum absolute atomic E-state index is 15.0. The molecule has 4 aliphatic heterocycles.